The number of carbonyl (C=O) groups is 1. The second-order valence-electron chi connectivity index (χ2n) is 7.13. The van der Waals surface area contributed by atoms with E-state index in [-0.39, 0.29) is 5.92 Å². The van der Waals surface area contributed by atoms with Crippen molar-refractivity contribution in [2.45, 2.75) is 84.2 Å². The lowest BCUT2D eigenvalue weighted by Gasteiger charge is -2.42. The van der Waals surface area contributed by atoms with Gasteiger partial charge in [-0.25, -0.2) is 0 Å². The predicted octanol–water partition coefficient (Wildman–Crippen LogP) is 4.76. The van der Waals surface area contributed by atoms with Crippen LogP contribution in [0, 0.1) is 17.8 Å². The minimum Gasteiger partial charge on any atom is -0.367 e. The molecule has 0 heterocycles. The first-order valence-electron chi connectivity index (χ1n) is 8.79. The van der Waals surface area contributed by atoms with Gasteiger partial charge in [-0.3, -0.25) is 4.79 Å². The molecule has 2 saturated carbocycles. The van der Waals surface area contributed by atoms with Crippen molar-refractivity contribution in [1.82, 2.24) is 0 Å². The van der Waals surface area contributed by atoms with Gasteiger partial charge in [-0.2, -0.15) is 0 Å². The molecule has 2 heteroatoms. The predicted molar refractivity (Wildman–Crippen MR) is 82.7 cm³/mol. The number of hydrogen-bond acceptors (Lipinski definition) is 2. The molecule has 2 nitrogen and oxygen atoms in total. The minimum absolute atomic E-state index is 0.269. The molecule has 0 aromatic carbocycles. The molecule has 20 heavy (non-hydrogen) atoms. The molecule has 0 bridgehead atoms. The summed E-state index contributed by atoms with van der Waals surface area (Å²) in [7, 11) is 0. The molecule has 0 N–H and O–H groups in total. The van der Waals surface area contributed by atoms with Crippen molar-refractivity contribution in [2.24, 2.45) is 17.8 Å². The summed E-state index contributed by atoms with van der Waals surface area (Å²) in [5, 5.41) is 0. The van der Waals surface area contributed by atoms with E-state index in [9.17, 15) is 4.79 Å². The Hall–Kier alpha value is -0.370. The van der Waals surface area contributed by atoms with Gasteiger partial charge in [0.1, 0.15) is 5.60 Å². The topological polar surface area (TPSA) is 26.3 Å². The van der Waals surface area contributed by atoms with Gasteiger partial charge in [-0.1, -0.05) is 39.5 Å². The van der Waals surface area contributed by atoms with Gasteiger partial charge in [0, 0.05) is 12.5 Å². The van der Waals surface area contributed by atoms with E-state index in [0.717, 1.165) is 38.0 Å². The second kappa shape index (κ2) is 7.06. The van der Waals surface area contributed by atoms with Crippen molar-refractivity contribution in [1.29, 1.82) is 0 Å². The summed E-state index contributed by atoms with van der Waals surface area (Å²) < 4.78 is 6.08. The number of ketones is 1. The Kier molecular flexibility index (Phi) is 5.65. The molecule has 116 valence electrons. The standard InChI is InChI=1S/C18H32O2/c1-4-15-9-6-10-16(12-15)17(19)18(20-5-2)11-7-8-14(3)13-18/h14-16H,4-13H2,1-3H3. The molecule has 0 amide bonds. The van der Waals surface area contributed by atoms with E-state index in [0.29, 0.717) is 18.3 Å². The maximum Gasteiger partial charge on any atom is 0.167 e. The van der Waals surface area contributed by atoms with Crippen LogP contribution in [0.4, 0.5) is 0 Å². The Morgan fingerprint density at radius 2 is 2.00 bits per heavy atom. The average molecular weight is 280 g/mol. The summed E-state index contributed by atoms with van der Waals surface area (Å²) in [6.45, 7) is 7.24. The van der Waals surface area contributed by atoms with E-state index in [1.807, 2.05) is 6.92 Å². The monoisotopic (exact) mass is 280 g/mol. The third-order valence-corrected chi connectivity index (χ3v) is 5.56. The first-order chi connectivity index (χ1) is 9.61. The van der Waals surface area contributed by atoms with Crippen LogP contribution in [0.2, 0.25) is 0 Å². The van der Waals surface area contributed by atoms with Crippen LogP contribution in [0.15, 0.2) is 0 Å². The van der Waals surface area contributed by atoms with Gasteiger partial charge in [0.2, 0.25) is 0 Å². The quantitative estimate of drug-likeness (QED) is 0.726. The summed E-state index contributed by atoms with van der Waals surface area (Å²) in [5.41, 5.74) is -0.438. The smallest absolute Gasteiger partial charge is 0.167 e. The molecule has 0 radical (unpaired) electrons. The van der Waals surface area contributed by atoms with E-state index >= 15 is 0 Å². The first kappa shape index (κ1) is 16.0. The fourth-order valence-electron chi connectivity index (χ4n) is 4.48. The van der Waals surface area contributed by atoms with E-state index in [1.54, 1.807) is 0 Å². The third kappa shape index (κ3) is 3.44. The van der Waals surface area contributed by atoms with E-state index in [1.165, 1.54) is 25.7 Å². The molecule has 4 atom stereocenters. The summed E-state index contributed by atoms with van der Waals surface area (Å²) in [5.74, 6) is 2.11. The second-order valence-corrected chi connectivity index (χ2v) is 7.13. The Balaban J connectivity index is 2.09. The lowest BCUT2D eigenvalue weighted by molar-refractivity contribution is -0.157. The third-order valence-electron chi connectivity index (χ3n) is 5.56. The summed E-state index contributed by atoms with van der Waals surface area (Å²) in [6.07, 6.45) is 10.3. The number of ether oxygens (including phenoxy) is 1. The average Bonchev–Trinajstić information content (AvgIpc) is 2.47. The molecular formula is C18H32O2. The highest BCUT2D eigenvalue weighted by Crippen LogP contribution is 2.41. The first-order valence-corrected chi connectivity index (χ1v) is 8.79. The van der Waals surface area contributed by atoms with Gasteiger partial charge >= 0.3 is 0 Å². The highest BCUT2D eigenvalue weighted by molar-refractivity contribution is 5.89. The molecule has 2 rings (SSSR count). The number of rotatable bonds is 5. The van der Waals surface area contributed by atoms with E-state index in [4.69, 9.17) is 4.74 Å². The van der Waals surface area contributed by atoms with E-state index < -0.39 is 5.60 Å². The zero-order valence-electron chi connectivity index (χ0n) is 13.6. The fraction of sp³-hybridized carbons (Fsp3) is 0.944. The van der Waals surface area contributed by atoms with Gasteiger partial charge in [-0.15, -0.1) is 0 Å². The van der Waals surface area contributed by atoms with Crippen LogP contribution in [0.3, 0.4) is 0 Å². The Morgan fingerprint density at radius 1 is 1.20 bits per heavy atom. The SMILES string of the molecule is CCOC1(C(=O)C2CCCC(CC)C2)CCCC(C)C1. The Bertz CT molecular complexity index is 321. The zero-order chi connectivity index (χ0) is 14.6. The summed E-state index contributed by atoms with van der Waals surface area (Å²) in [4.78, 5) is 13.1. The van der Waals surface area contributed by atoms with Crippen molar-refractivity contribution in [3.8, 4) is 0 Å². The van der Waals surface area contributed by atoms with Crippen LogP contribution >= 0.6 is 0 Å². The molecule has 4 unspecified atom stereocenters. The molecular weight excluding hydrogens is 248 g/mol. The summed E-state index contributed by atoms with van der Waals surface area (Å²) in [6, 6.07) is 0. The molecule has 0 aliphatic heterocycles. The number of Topliss-reactive ketones (excluding diaryl/α,β-unsaturated/α-hetero) is 1. The van der Waals surface area contributed by atoms with Crippen LogP contribution in [0.5, 0.6) is 0 Å². The zero-order valence-corrected chi connectivity index (χ0v) is 13.6. The maximum absolute atomic E-state index is 13.1. The lowest BCUT2D eigenvalue weighted by Crippen LogP contribution is -2.49. The van der Waals surface area contributed by atoms with Gasteiger partial charge in [-0.05, 0) is 50.9 Å². The van der Waals surface area contributed by atoms with E-state index in [2.05, 4.69) is 13.8 Å². The van der Waals surface area contributed by atoms with Crippen LogP contribution in [0.1, 0.15) is 78.6 Å². The highest BCUT2D eigenvalue weighted by atomic mass is 16.5. The van der Waals surface area contributed by atoms with Gasteiger partial charge in [0.15, 0.2) is 5.78 Å². The van der Waals surface area contributed by atoms with Crippen molar-refractivity contribution in [2.75, 3.05) is 6.61 Å². The number of carbonyl (C=O) groups excluding carboxylic acids is 1. The van der Waals surface area contributed by atoms with Crippen LogP contribution in [0.25, 0.3) is 0 Å². The minimum atomic E-state index is -0.438. The molecule has 0 spiro atoms. The van der Waals surface area contributed by atoms with Crippen LogP contribution in [-0.4, -0.2) is 18.0 Å². The van der Waals surface area contributed by atoms with Gasteiger partial charge < -0.3 is 4.74 Å². The normalized spacial score (nSPS) is 38.6. The molecule has 0 saturated heterocycles. The maximum atomic E-state index is 13.1. The summed E-state index contributed by atoms with van der Waals surface area (Å²) >= 11 is 0. The Labute approximate surface area is 124 Å². The molecule has 2 fully saturated rings. The van der Waals surface area contributed by atoms with Gasteiger partial charge in [0.25, 0.3) is 0 Å². The Morgan fingerprint density at radius 3 is 2.65 bits per heavy atom. The van der Waals surface area contributed by atoms with Crippen molar-refractivity contribution < 1.29 is 9.53 Å². The lowest BCUT2D eigenvalue weighted by atomic mass is 9.69. The number of hydrogen-bond donors (Lipinski definition) is 0. The molecule has 0 aromatic rings. The molecule has 2 aliphatic carbocycles. The highest BCUT2D eigenvalue weighted by Gasteiger charge is 2.45. The van der Waals surface area contributed by atoms with Crippen molar-refractivity contribution >= 4 is 5.78 Å². The van der Waals surface area contributed by atoms with Gasteiger partial charge in [0.05, 0.1) is 0 Å². The molecule has 0 aromatic heterocycles. The fourth-order valence-corrected chi connectivity index (χ4v) is 4.48. The van der Waals surface area contributed by atoms with Crippen molar-refractivity contribution in [3.63, 3.8) is 0 Å². The van der Waals surface area contributed by atoms with Crippen molar-refractivity contribution in [3.05, 3.63) is 0 Å². The van der Waals surface area contributed by atoms with Crippen LogP contribution in [-0.2, 0) is 9.53 Å². The largest absolute Gasteiger partial charge is 0.367 e. The van der Waals surface area contributed by atoms with Crippen LogP contribution < -0.4 is 0 Å². The molecule has 2 aliphatic rings.